The number of allylic oxidation sites excluding steroid dienone is 2. The van der Waals surface area contributed by atoms with E-state index in [-0.39, 0.29) is 0 Å². The maximum absolute atomic E-state index is 11.8. The standard InChI is InChI=1S/C20H32O/c1-4-19-18-9-7-14-13-15(21)8-10-16(14)17(18)11-12-20(19,5-2)6-3/h17-19H,4-13H2,1-3H3/t17-,18-,19?/m1/s1. The van der Waals surface area contributed by atoms with Gasteiger partial charge in [0.15, 0.2) is 0 Å². The number of hydrogen-bond donors (Lipinski definition) is 0. The van der Waals surface area contributed by atoms with E-state index in [0.29, 0.717) is 11.2 Å². The van der Waals surface area contributed by atoms with Crippen LogP contribution in [0.25, 0.3) is 0 Å². The van der Waals surface area contributed by atoms with Gasteiger partial charge in [-0.2, -0.15) is 0 Å². The van der Waals surface area contributed by atoms with Gasteiger partial charge in [0, 0.05) is 12.8 Å². The predicted octanol–water partition coefficient (Wildman–Crippen LogP) is 5.69. The molecule has 0 N–H and O–H groups in total. The molecule has 0 aromatic heterocycles. The largest absolute Gasteiger partial charge is 0.299 e. The van der Waals surface area contributed by atoms with Gasteiger partial charge in [-0.3, -0.25) is 4.79 Å². The zero-order valence-corrected chi connectivity index (χ0v) is 14.2. The summed E-state index contributed by atoms with van der Waals surface area (Å²) in [5, 5.41) is 0. The average molecular weight is 288 g/mol. The molecular weight excluding hydrogens is 256 g/mol. The van der Waals surface area contributed by atoms with Gasteiger partial charge in [-0.05, 0) is 55.3 Å². The second-order valence-electron chi connectivity index (χ2n) is 7.78. The minimum absolute atomic E-state index is 0.492. The first-order valence-electron chi connectivity index (χ1n) is 9.37. The number of carbonyl (C=O) groups is 1. The van der Waals surface area contributed by atoms with Gasteiger partial charge in [0.05, 0.1) is 0 Å². The molecule has 3 aliphatic carbocycles. The van der Waals surface area contributed by atoms with Crippen molar-refractivity contribution in [1.82, 2.24) is 0 Å². The third-order valence-electron chi connectivity index (χ3n) is 7.39. The highest BCUT2D eigenvalue weighted by Crippen LogP contribution is 2.58. The van der Waals surface area contributed by atoms with Gasteiger partial charge in [0.1, 0.15) is 5.78 Å². The van der Waals surface area contributed by atoms with E-state index in [9.17, 15) is 4.79 Å². The predicted molar refractivity (Wildman–Crippen MR) is 88.1 cm³/mol. The summed E-state index contributed by atoms with van der Waals surface area (Å²) in [6.45, 7) is 7.25. The lowest BCUT2D eigenvalue weighted by Crippen LogP contribution is -2.45. The fourth-order valence-electron chi connectivity index (χ4n) is 6.20. The normalized spacial score (nSPS) is 35.4. The lowest BCUT2D eigenvalue weighted by Gasteiger charge is -2.54. The summed E-state index contributed by atoms with van der Waals surface area (Å²) in [6, 6.07) is 0. The Kier molecular flexibility index (Phi) is 4.30. The van der Waals surface area contributed by atoms with Crippen LogP contribution in [0.1, 0.15) is 85.0 Å². The molecule has 1 heteroatoms. The van der Waals surface area contributed by atoms with Crippen molar-refractivity contribution in [1.29, 1.82) is 0 Å². The van der Waals surface area contributed by atoms with Crippen LogP contribution in [-0.4, -0.2) is 5.78 Å². The maximum atomic E-state index is 11.8. The van der Waals surface area contributed by atoms with Crippen molar-refractivity contribution < 1.29 is 4.79 Å². The maximum Gasteiger partial charge on any atom is 0.137 e. The zero-order valence-electron chi connectivity index (χ0n) is 14.2. The average Bonchev–Trinajstić information content (AvgIpc) is 2.52. The van der Waals surface area contributed by atoms with Crippen molar-refractivity contribution in [2.24, 2.45) is 23.2 Å². The molecule has 1 saturated carbocycles. The molecule has 0 heterocycles. The van der Waals surface area contributed by atoms with E-state index in [1.165, 1.54) is 44.9 Å². The third kappa shape index (κ3) is 2.41. The van der Waals surface area contributed by atoms with Gasteiger partial charge in [-0.15, -0.1) is 0 Å². The molecule has 0 amide bonds. The number of ketones is 1. The van der Waals surface area contributed by atoms with Gasteiger partial charge < -0.3 is 0 Å². The molecule has 0 spiro atoms. The van der Waals surface area contributed by atoms with Crippen molar-refractivity contribution in [3.05, 3.63) is 11.1 Å². The summed E-state index contributed by atoms with van der Waals surface area (Å²) < 4.78 is 0. The number of rotatable bonds is 3. The molecule has 3 atom stereocenters. The highest BCUT2D eigenvalue weighted by Gasteiger charge is 2.48. The summed E-state index contributed by atoms with van der Waals surface area (Å²) in [4.78, 5) is 11.8. The Hall–Kier alpha value is -0.590. The first-order chi connectivity index (χ1) is 10.1. The summed E-state index contributed by atoms with van der Waals surface area (Å²) >= 11 is 0. The lowest BCUT2D eigenvalue weighted by molar-refractivity contribution is -0.119. The van der Waals surface area contributed by atoms with E-state index in [0.717, 1.165) is 37.0 Å². The van der Waals surface area contributed by atoms with Crippen molar-refractivity contribution in [3.63, 3.8) is 0 Å². The molecule has 0 aromatic carbocycles. The minimum Gasteiger partial charge on any atom is -0.299 e. The van der Waals surface area contributed by atoms with Crippen LogP contribution in [0.5, 0.6) is 0 Å². The first kappa shape index (κ1) is 15.3. The van der Waals surface area contributed by atoms with Crippen molar-refractivity contribution in [2.75, 3.05) is 0 Å². The van der Waals surface area contributed by atoms with E-state index in [1.54, 1.807) is 11.1 Å². The van der Waals surface area contributed by atoms with E-state index < -0.39 is 0 Å². The highest BCUT2D eigenvalue weighted by atomic mass is 16.1. The minimum atomic E-state index is 0.492. The molecule has 1 unspecified atom stereocenters. The summed E-state index contributed by atoms with van der Waals surface area (Å²) in [7, 11) is 0. The van der Waals surface area contributed by atoms with Crippen LogP contribution in [0.2, 0.25) is 0 Å². The Morgan fingerprint density at radius 3 is 2.48 bits per heavy atom. The topological polar surface area (TPSA) is 17.1 Å². The van der Waals surface area contributed by atoms with E-state index in [2.05, 4.69) is 20.8 Å². The first-order valence-corrected chi connectivity index (χ1v) is 9.37. The van der Waals surface area contributed by atoms with Crippen LogP contribution in [0, 0.1) is 23.2 Å². The van der Waals surface area contributed by atoms with Crippen molar-refractivity contribution in [2.45, 2.75) is 85.0 Å². The Morgan fingerprint density at radius 2 is 1.81 bits per heavy atom. The molecule has 0 saturated heterocycles. The third-order valence-corrected chi connectivity index (χ3v) is 7.39. The van der Waals surface area contributed by atoms with Gasteiger partial charge in [0.25, 0.3) is 0 Å². The van der Waals surface area contributed by atoms with Crippen LogP contribution in [0.3, 0.4) is 0 Å². The molecule has 1 nitrogen and oxygen atoms in total. The molecule has 118 valence electrons. The number of fused-ring (bicyclic) bond motifs is 2. The molecule has 3 aliphatic rings. The van der Waals surface area contributed by atoms with Gasteiger partial charge in [-0.1, -0.05) is 51.2 Å². The SMILES string of the molecule is CCC1[C@@H]2CCC3=C(CCC(=O)C3)[C@H]2CCC1(CC)CC. The van der Waals surface area contributed by atoms with E-state index in [1.807, 2.05) is 0 Å². The van der Waals surface area contributed by atoms with Gasteiger partial charge in [-0.25, -0.2) is 0 Å². The molecule has 1 fully saturated rings. The molecule has 0 bridgehead atoms. The number of hydrogen-bond acceptors (Lipinski definition) is 1. The summed E-state index contributed by atoms with van der Waals surface area (Å²) in [5.41, 5.74) is 3.91. The second-order valence-corrected chi connectivity index (χ2v) is 7.78. The fourth-order valence-corrected chi connectivity index (χ4v) is 6.20. The van der Waals surface area contributed by atoms with Crippen LogP contribution in [0.15, 0.2) is 11.1 Å². The number of carbonyl (C=O) groups excluding carboxylic acids is 1. The molecule has 0 aromatic rings. The van der Waals surface area contributed by atoms with Crippen molar-refractivity contribution >= 4 is 5.78 Å². The summed E-state index contributed by atoms with van der Waals surface area (Å²) in [5.74, 6) is 3.15. The quantitative estimate of drug-likeness (QED) is 0.610. The Morgan fingerprint density at radius 1 is 1.05 bits per heavy atom. The molecule has 3 rings (SSSR count). The molecular formula is C20H32O. The Bertz CT molecular complexity index is 441. The number of Topliss-reactive ketones (excluding diaryl/α,β-unsaturated/α-hetero) is 1. The van der Waals surface area contributed by atoms with Gasteiger partial charge in [0.2, 0.25) is 0 Å². The lowest BCUT2D eigenvalue weighted by atomic mass is 9.51. The van der Waals surface area contributed by atoms with Crippen LogP contribution >= 0.6 is 0 Å². The van der Waals surface area contributed by atoms with E-state index in [4.69, 9.17) is 0 Å². The Labute approximate surface area is 130 Å². The van der Waals surface area contributed by atoms with Crippen LogP contribution < -0.4 is 0 Å². The molecule has 0 aliphatic heterocycles. The highest BCUT2D eigenvalue weighted by molar-refractivity contribution is 5.82. The zero-order chi connectivity index (χ0) is 15.0. The molecule has 0 radical (unpaired) electrons. The summed E-state index contributed by atoms with van der Waals surface area (Å²) in [6.07, 6.45) is 12.2. The molecule has 21 heavy (non-hydrogen) atoms. The fraction of sp³-hybridized carbons (Fsp3) is 0.850. The monoisotopic (exact) mass is 288 g/mol. The Balaban J connectivity index is 1.89. The smallest absolute Gasteiger partial charge is 0.137 e. The van der Waals surface area contributed by atoms with Gasteiger partial charge >= 0.3 is 0 Å². The van der Waals surface area contributed by atoms with Crippen molar-refractivity contribution in [3.8, 4) is 0 Å². The van der Waals surface area contributed by atoms with Crippen LogP contribution in [0.4, 0.5) is 0 Å². The second kappa shape index (κ2) is 5.89. The van der Waals surface area contributed by atoms with Crippen LogP contribution in [-0.2, 0) is 4.79 Å². The van der Waals surface area contributed by atoms with E-state index >= 15 is 0 Å².